The summed E-state index contributed by atoms with van der Waals surface area (Å²) in [6.07, 6.45) is 0. The van der Waals surface area contributed by atoms with Crippen LogP contribution >= 0.6 is 0 Å². The zero-order chi connectivity index (χ0) is 22.4. The highest BCUT2D eigenvalue weighted by Crippen LogP contribution is 2.28. The van der Waals surface area contributed by atoms with E-state index in [1.165, 1.54) is 0 Å². The number of aryl methyl sites for hydroxylation is 1. The molecule has 164 valence electrons. The van der Waals surface area contributed by atoms with Gasteiger partial charge in [-0.05, 0) is 50.2 Å². The number of anilines is 1. The van der Waals surface area contributed by atoms with Crippen molar-refractivity contribution in [3.05, 3.63) is 65.5 Å². The largest absolute Gasteiger partial charge is 0.493 e. The van der Waals surface area contributed by atoms with Gasteiger partial charge in [0.15, 0.2) is 11.5 Å². The van der Waals surface area contributed by atoms with E-state index in [2.05, 4.69) is 15.3 Å². The van der Waals surface area contributed by atoms with E-state index in [0.29, 0.717) is 18.0 Å². The van der Waals surface area contributed by atoms with Gasteiger partial charge in [-0.15, -0.1) is 0 Å². The Morgan fingerprint density at radius 1 is 1.06 bits per heavy atom. The van der Waals surface area contributed by atoms with Crippen LogP contribution in [0.2, 0.25) is 0 Å². The molecule has 0 saturated heterocycles. The fourth-order valence-corrected chi connectivity index (χ4v) is 3.54. The van der Waals surface area contributed by atoms with Crippen LogP contribution in [0.15, 0.2) is 48.5 Å². The summed E-state index contributed by atoms with van der Waals surface area (Å²) < 4.78 is 12.5. The van der Waals surface area contributed by atoms with Gasteiger partial charge in [0.2, 0.25) is 5.91 Å². The number of nitrogens with one attached hydrogen (secondary N) is 1. The number of aromatic nitrogens is 2. The molecular formula is C24H30N4O3. The quantitative estimate of drug-likeness (QED) is 0.565. The van der Waals surface area contributed by atoms with Crippen LogP contribution in [0.5, 0.6) is 11.5 Å². The highest BCUT2D eigenvalue weighted by Gasteiger charge is 2.17. The Morgan fingerprint density at radius 3 is 2.42 bits per heavy atom. The molecule has 31 heavy (non-hydrogen) atoms. The number of amides is 1. The molecule has 7 heteroatoms. The smallest absolute Gasteiger partial charge is 0.238 e. The normalized spacial score (nSPS) is 10.9. The first-order valence-electron chi connectivity index (χ1n) is 10.3. The molecule has 0 aliphatic heterocycles. The minimum atomic E-state index is -0.0684. The number of hydrogen-bond acceptors (Lipinski definition) is 5. The second-order valence-corrected chi connectivity index (χ2v) is 7.33. The number of ether oxygens (including phenoxy) is 2. The highest BCUT2D eigenvalue weighted by atomic mass is 16.5. The third-order valence-corrected chi connectivity index (χ3v) is 5.23. The van der Waals surface area contributed by atoms with E-state index in [4.69, 9.17) is 9.47 Å². The van der Waals surface area contributed by atoms with Crippen molar-refractivity contribution in [1.29, 1.82) is 0 Å². The summed E-state index contributed by atoms with van der Waals surface area (Å²) in [6, 6.07) is 15.7. The van der Waals surface area contributed by atoms with Gasteiger partial charge in [-0.2, -0.15) is 5.10 Å². The summed E-state index contributed by atoms with van der Waals surface area (Å²) in [5.74, 6) is 1.30. The van der Waals surface area contributed by atoms with Gasteiger partial charge in [-0.3, -0.25) is 9.69 Å². The fraction of sp³-hybridized carbons (Fsp3) is 0.333. The molecule has 0 saturated carbocycles. The lowest BCUT2D eigenvalue weighted by Crippen LogP contribution is -2.33. The Morgan fingerprint density at radius 2 is 1.77 bits per heavy atom. The maximum absolute atomic E-state index is 12.8. The molecule has 0 aliphatic carbocycles. The first-order valence-corrected chi connectivity index (χ1v) is 10.3. The first-order chi connectivity index (χ1) is 15.0. The summed E-state index contributed by atoms with van der Waals surface area (Å²) in [5, 5.41) is 7.65. The highest BCUT2D eigenvalue weighted by molar-refractivity contribution is 5.93. The van der Waals surface area contributed by atoms with Crippen LogP contribution in [-0.2, 0) is 11.3 Å². The average Bonchev–Trinajstić information content (AvgIpc) is 3.07. The second-order valence-electron chi connectivity index (χ2n) is 7.33. The van der Waals surface area contributed by atoms with E-state index in [-0.39, 0.29) is 12.5 Å². The van der Waals surface area contributed by atoms with E-state index in [1.54, 1.807) is 14.2 Å². The zero-order valence-corrected chi connectivity index (χ0v) is 18.8. The maximum atomic E-state index is 12.8. The molecule has 0 radical (unpaired) electrons. The Bertz CT molecular complexity index is 1030. The molecular weight excluding hydrogens is 392 g/mol. The third kappa shape index (κ3) is 5.24. The van der Waals surface area contributed by atoms with Gasteiger partial charge >= 0.3 is 0 Å². The summed E-state index contributed by atoms with van der Waals surface area (Å²) in [4.78, 5) is 14.9. The van der Waals surface area contributed by atoms with Crippen molar-refractivity contribution in [3.8, 4) is 17.2 Å². The number of rotatable bonds is 9. The topological polar surface area (TPSA) is 68.6 Å². The van der Waals surface area contributed by atoms with Gasteiger partial charge in [0.05, 0.1) is 43.5 Å². The van der Waals surface area contributed by atoms with Crippen LogP contribution < -0.4 is 14.8 Å². The number of hydrogen-bond donors (Lipinski definition) is 1. The van der Waals surface area contributed by atoms with Crippen molar-refractivity contribution in [2.75, 3.05) is 32.6 Å². The minimum Gasteiger partial charge on any atom is -0.493 e. The van der Waals surface area contributed by atoms with Crippen molar-refractivity contribution in [1.82, 2.24) is 14.7 Å². The Kier molecular flexibility index (Phi) is 7.31. The molecule has 0 bridgehead atoms. The molecule has 0 fully saturated rings. The van der Waals surface area contributed by atoms with Crippen molar-refractivity contribution in [3.63, 3.8) is 0 Å². The first kappa shape index (κ1) is 22.4. The molecule has 0 aliphatic rings. The molecule has 7 nitrogen and oxygen atoms in total. The van der Waals surface area contributed by atoms with Crippen molar-refractivity contribution in [2.45, 2.75) is 27.3 Å². The molecule has 1 heterocycles. The van der Waals surface area contributed by atoms with Crippen LogP contribution in [-0.4, -0.2) is 47.9 Å². The van der Waals surface area contributed by atoms with Crippen molar-refractivity contribution in [2.24, 2.45) is 0 Å². The van der Waals surface area contributed by atoms with Crippen LogP contribution in [0, 0.1) is 13.8 Å². The SMILES string of the molecule is CCN(CC(=O)Nc1c(C)nn(-c2ccccc2)c1C)Cc1ccc(OC)c(OC)c1. The fourth-order valence-electron chi connectivity index (χ4n) is 3.54. The summed E-state index contributed by atoms with van der Waals surface area (Å²) in [7, 11) is 3.23. The molecule has 1 aromatic heterocycles. The maximum Gasteiger partial charge on any atom is 0.238 e. The molecule has 0 spiro atoms. The lowest BCUT2D eigenvalue weighted by atomic mass is 10.2. The Balaban J connectivity index is 1.69. The van der Waals surface area contributed by atoms with Gasteiger partial charge in [-0.25, -0.2) is 4.68 Å². The van der Waals surface area contributed by atoms with E-state index in [0.717, 1.165) is 34.9 Å². The molecule has 0 unspecified atom stereocenters. The molecule has 3 aromatic rings. The summed E-state index contributed by atoms with van der Waals surface area (Å²) in [6.45, 7) is 7.56. The Labute approximate surface area is 183 Å². The predicted molar refractivity (Wildman–Crippen MR) is 122 cm³/mol. The lowest BCUT2D eigenvalue weighted by molar-refractivity contribution is -0.117. The number of para-hydroxylation sites is 1. The van der Waals surface area contributed by atoms with E-state index in [1.807, 2.05) is 74.0 Å². The van der Waals surface area contributed by atoms with Crippen molar-refractivity contribution < 1.29 is 14.3 Å². The van der Waals surface area contributed by atoms with Crippen LogP contribution in [0.3, 0.4) is 0 Å². The van der Waals surface area contributed by atoms with Gasteiger partial charge in [0.25, 0.3) is 0 Å². The molecule has 2 aromatic carbocycles. The van der Waals surface area contributed by atoms with E-state index >= 15 is 0 Å². The number of benzene rings is 2. The molecule has 0 atom stereocenters. The van der Waals surface area contributed by atoms with Crippen LogP contribution in [0.1, 0.15) is 23.9 Å². The predicted octanol–water partition coefficient (Wildman–Crippen LogP) is 3.97. The van der Waals surface area contributed by atoms with E-state index < -0.39 is 0 Å². The van der Waals surface area contributed by atoms with Crippen molar-refractivity contribution >= 4 is 11.6 Å². The van der Waals surface area contributed by atoms with Gasteiger partial charge in [0.1, 0.15) is 0 Å². The molecule has 1 amide bonds. The van der Waals surface area contributed by atoms with Crippen LogP contribution in [0.4, 0.5) is 5.69 Å². The number of likely N-dealkylation sites (N-methyl/N-ethyl adjacent to an activating group) is 1. The zero-order valence-electron chi connectivity index (χ0n) is 18.8. The lowest BCUT2D eigenvalue weighted by Gasteiger charge is -2.20. The number of carbonyl (C=O) groups is 1. The third-order valence-electron chi connectivity index (χ3n) is 5.23. The van der Waals surface area contributed by atoms with Gasteiger partial charge in [-0.1, -0.05) is 31.2 Å². The molecule has 3 rings (SSSR count). The average molecular weight is 423 g/mol. The standard InChI is InChI=1S/C24H30N4O3/c1-6-27(15-19-12-13-21(30-4)22(14-19)31-5)16-23(29)25-24-17(2)26-28(18(24)3)20-10-8-7-9-11-20/h7-14H,6,15-16H2,1-5H3,(H,25,29). The van der Waals surface area contributed by atoms with Crippen LogP contribution in [0.25, 0.3) is 5.69 Å². The molecule has 1 N–H and O–H groups in total. The van der Waals surface area contributed by atoms with Gasteiger partial charge in [0, 0.05) is 6.54 Å². The number of methoxy groups -OCH3 is 2. The minimum absolute atomic E-state index is 0.0684. The Hall–Kier alpha value is -3.32. The number of carbonyl (C=O) groups excluding carboxylic acids is 1. The second kappa shape index (κ2) is 10.1. The number of nitrogens with zero attached hydrogens (tertiary/aromatic N) is 3. The monoisotopic (exact) mass is 422 g/mol. The summed E-state index contributed by atoms with van der Waals surface area (Å²) in [5.41, 5.74) is 4.47. The van der Waals surface area contributed by atoms with Gasteiger partial charge < -0.3 is 14.8 Å². The van der Waals surface area contributed by atoms with E-state index in [9.17, 15) is 4.79 Å². The summed E-state index contributed by atoms with van der Waals surface area (Å²) >= 11 is 0.